The molecule has 90 heavy (non-hydrogen) atoms. The fraction of sp³-hybridized carbons (Fsp3) is 0.552. The number of benzene rings is 2. The Kier molecular flexibility index (Phi) is 28.3. The summed E-state index contributed by atoms with van der Waals surface area (Å²) in [6.45, 7) is 18.9. The smallest absolute Gasteiger partial charge is 0.410 e. The number of ketones is 3. The molecule has 1 aliphatic rings. The number of aromatic nitrogens is 1. The Morgan fingerprint density at radius 1 is 0.767 bits per heavy atom. The number of para-hydroxylation sites is 1. The van der Waals surface area contributed by atoms with E-state index in [4.69, 9.17) is 19.9 Å². The van der Waals surface area contributed by atoms with Crippen LogP contribution in [-0.4, -0.2) is 149 Å². The zero-order valence-electron chi connectivity index (χ0n) is 54.6. The van der Waals surface area contributed by atoms with E-state index in [2.05, 4.69) is 16.0 Å². The normalized spacial score (nSPS) is 14.7. The molecular formula is C67H94N8O15. The molecule has 0 fully saturated rings. The molecule has 4 rings (SSSR count). The van der Waals surface area contributed by atoms with Crippen molar-refractivity contribution < 1.29 is 71.7 Å². The second-order valence-corrected chi connectivity index (χ2v) is 25.6. The van der Waals surface area contributed by atoms with Gasteiger partial charge in [0.1, 0.15) is 18.8 Å². The quantitative estimate of drug-likeness (QED) is 0.0140. The Morgan fingerprint density at radius 2 is 1.42 bits per heavy atom. The number of likely N-dealkylation sites (N-methyl/N-ethyl adjacent to an activating group) is 2. The summed E-state index contributed by atoms with van der Waals surface area (Å²) in [5.41, 5.74) is 6.30. The number of hydrogen-bond donors (Lipinski definition) is 4. The van der Waals surface area contributed by atoms with Crippen molar-refractivity contribution in [3.8, 4) is 0 Å². The molecule has 0 unspecified atom stereocenters. The van der Waals surface area contributed by atoms with E-state index in [0.29, 0.717) is 42.5 Å². The van der Waals surface area contributed by atoms with Crippen LogP contribution in [0.25, 0.3) is 10.9 Å². The summed E-state index contributed by atoms with van der Waals surface area (Å²) < 4.78 is 17.7. The number of allylic oxidation sites excluding steroid dienone is 1. The zero-order chi connectivity index (χ0) is 67.2. The minimum Gasteiger partial charge on any atom is -0.468 e. The lowest BCUT2D eigenvalue weighted by molar-refractivity contribution is -0.144. The van der Waals surface area contributed by atoms with Crippen molar-refractivity contribution in [1.29, 1.82) is 0 Å². The summed E-state index contributed by atoms with van der Waals surface area (Å²) in [6.07, 6.45) is 5.97. The highest BCUT2D eigenvalue weighted by Crippen LogP contribution is 2.40. The number of nitrogens with one attached hydrogen (secondary N) is 3. The first-order chi connectivity index (χ1) is 42.3. The van der Waals surface area contributed by atoms with E-state index in [1.165, 1.54) is 24.1 Å². The third-order valence-corrected chi connectivity index (χ3v) is 16.6. The van der Waals surface area contributed by atoms with Crippen molar-refractivity contribution in [3.63, 3.8) is 0 Å². The largest absolute Gasteiger partial charge is 0.468 e. The van der Waals surface area contributed by atoms with E-state index in [1.54, 1.807) is 63.1 Å². The Labute approximate surface area is 528 Å². The first-order valence-electron chi connectivity index (χ1n) is 30.7. The van der Waals surface area contributed by atoms with Gasteiger partial charge in [0.05, 0.1) is 18.7 Å². The van der Waals surface area contributed by atoms with Crippen molar-refractivity contribution >= 4 is 88.5 Å². The molecule has 6 atom stereocenters. The number of carbonyl (C=O) groups excluding carboxylic acids is 12. The van der Waals surface area contributed by atoms with Crippen LogP contribution in [0.2, 0.25) is 0 Å². The number of fused-ring (bicyclic) bond motifs is 1. The van der Waals surface area contributed by atoms with E-state index in [9.17, 15) is 52.7 Å². The lowest BCUT2D eigenvalue weighted by atomic mass is 9.70. The molecular weight excluding hydrogens is 1160 g/mol. The Hall–Kier alpha value is -8.50. The topological polar surface area (TPSA) is 309 Å². The van der Waals surface area contributed by atoms with E-state index < -0.39 is 70.7 Å². The van der Waals surface area contributed by atoms with Crippen LogP contribution in [0.3, 0.4) is 0 Å². The summed E-state index contributed by atoms with van der Waals surface area (Å²) in [7, 11) is 5.02. The van der Waals surface area contributed by atoms with E-state index in [-0.39, 0.29) is 125 Å². The molecule has 0 bridgehead atoms. The predicted molar refractivity (Wildman–Crippen MR) is 339 cm³/mol. The average molecular weight is 1250 g/mol. The molecule has 0 radical (unpaired) electrons. The van der Waals surface area contributed by atoms with Gasteiger partial charge in [0.15, 0.2) is 17.3 Å². The third kappa shape index (κ3) is 21.3. The fourth-order valence-electron chi connectivity index (χ4n) is 11.4. The molecule has 0 aliphatic carbocycles. The van der Waals surface area contributed by atoms with Crippen LogP contribution in [0, 0.1) is 29.1 Å². The summed E-state index contributed by atoms with van der Waals surface area (Å²) >= 11 is 0. The molecule has 3 aromatic rings. The molecule has 1 aliphatic heterocycles. The molecule has 0 saturated carbocycles. The van der Waals surface area contributed by atoms with Crippen LogP contribution < -0.4 is 21.7 Å². The van der Waals surface area contributed by atoms with Crippen LogP contribution >= 0.6 is 0 Å². The third-order valence-electron chi connectivity index (χ3n) is 16.6. The van der Waals surface area contributed by atoms with Crippen molar-refractivity contribution in [2.75, 3.05) is 39.1 Å². The lowest BCUT2D eigenvalue weighted by Gasteiger charge is -2.41. The van der Waals surface area contributed by atoms with Gasteiger partial charge in [-0.1, -0.05) is 105 Å². The maximum atomic E-state index is 15.4. The summed E-state index contributed by atoms with van der Waals surface area (Å²) in [4.78, 5) is 160. The van der Waals surface area contributed by atoms with Crippen molar-refractivity contribution in [3.05, 3.63) is 89.7 Å². The average Bonchev–Trinajstić information content (AvgIpc) is 1.53. The van der Waals surface area contributed by atoms with Crippen LogP contribution in [0.15, 0.2) is 78.5 Å². The molecule has 8 amide bonds. The van der Waals surface area contributed by atoms with Gasteiger partial charge in [-0.25, -0.2) is 9.59 Å². The van der Waals surface area contributed by atoms with Crippen LogP contribution in [0.4, 0.5) is 15.3 Å². The Balaban J connectivity index is 1.53. The van der Waals surface area contributed by atoms with E-state index in [0.717, 1.165) is 21.4 Å². The Bertz CT molecular complexity index is 3080. The van der Waals surface area contributed by atoms with Gasteiger partial charge in [0.2, 0.25) is 17.7 Å². The molecule has 2 heterocycles. The number of amides is 8. The molecule has 2 aromatic carbocycles. The minimum atomic E-state index is -1.18. The number of primary amides is 1. The van der Waals surface area contributed by atoms with Gasteiger partial charge in [-0.05, 0) is 84.8 Å². The second kappa shape index (κ2) is 34.5. The van der Waals surface area contributed by atoms with Gasteiger partial charge in [-0.3, -0.25) is 52.8 Å². The first-order valence-corrected chi connectivity index (χ1v) is 30.7. The number of ether oxygens (including phenoxy) is 3. The maximum absolute atomic E-state index is 15.4. The SMILES string of the molecule is C/C(=C\[C@H](C(C)C)N(C)C(=O)[C@@H](CC(=O)[C@@H](N(C)C(=O)OCc1ccc(NC(=O)[C@H](CCCNC(N)=O)CC(=O)[C@@H](NC(=O)CCCCCN2C(=O)C=CC2=O)C(C)C)cc1)C(C)(C)c1cn(C)c2ccccc12)C(C)(C)C)C(=O)C[C@H](CCOC=O)OC=O. The number of unbranched alkanes of at least 4 members (excludes halogenated alkanes) is 2. The second-order valence-electron chi connectivity index (χ2n) is 25.6. The fourth-order valence-corrected chi connectivity index (χ4v) is 11.4. The van der Waals surface area contributed by atoms with Gasteiger partial charge in [0, 0.05) is 119 Å². The molecule has 23 heteroatoms. The van der Waals surface area contributed by atoms with Gasteiger partial charge >= 0.3 is 12.1 Å². The number of imide groups is 1. The number of nitrogens with two attached hydrogens (primary N) is 1. The van der Waals surface area contributed by atoms with E-state index in [1.807, 2.05) is 90.5 Å². The lowest BCUT2D eigenvalue weighted by Crippen LogP contribution is -2.55. The number of aryl methyl sites for hydroxylation is 1. The number of anilines is 1. The monoisotopic (exact) mass is 1250 g/mol. The minimum absolute atomic E-state index is 0.0561. The standard InChI is InChI=1S/C67H94N8O15/c1-42(2)53(34-44(5)54(78)36-48(90-41-77)30-33-88-40-76)73(12)63(85)50(66(6,7)8)37-56(80)61(67(9,10)51-38-72(11)52-22-17-16-21-49(51)52)74(13)65(87)89-39-45-24-26-47(27-25-45)70-62(84)46(20-19-31-69-64(68)86)35-55(79)60(43(3)4)71-57(81)23-15-14-18-32-75-58(82)28-29-59(75)83/h16-17,21-22,24-29,34,38,40-43,46,48,50,53,60-61H,14-15,18-20,23,30-33,35-37,39H2,1-13H3,(H,70,84)(H,71,81)(H3,68,69,86)/b44-34+/t46-,48+,50-,53-,60+,61-/m1/s1. The summed E-state index contributed by atoms with van der Waals surface area (Å²) in [6, 6.07) is 10.8. The van der Waals surface area contributed by atoms with Crippen molar-refractivity contribution in [1.82, 2.24) is 29.9 Å². The highest BCUT2D eigenvalue weighted by molar-refractivity contribution is 6.12. The molecule has 23 nitrogen and oxygen atoms in total. The number of hydrogen-bond acceptors (Lipinski definition) is 15. The molecule has 5 N–H and O–H groups in total. The van der Waals surface area contributed by atoms with Crippen molar-refractivity contribution in [2.45, 2.75) is 170 Å². The zero-order valence-corrected chi connectivity index (χ0v) is 54.6. The number of nitrogens with zero attached hydrogens (tertiary/aromatic N) is 4. The number of Topliss-reactive ketones (excluding diaryl/α,β-unsaturated/α-hetero) is 3. The van der Waals surface area contributed by atoms with Gasteiger partial charge < -0.3 is 50.3 Å². The van der Waals surface area contributed by atoms with Crippen molar-refractivity contribution in [2.24, 2.45) is 41.9 Å². The van der Waals surface area contributed by atoms with Crippen LogP contribution in [0.5, 0.6) is 0 Å². The van der Waals surface area contributed by atoms with Gasteiger partial charge in [-0.15, -0.1) is 0 Å². The molecule has 0 spiro atoms. The summed E-state index contributed by atoms with van der Waals surface area (Å²) in [5.74, 6) is -5.35. The highest BCUT2D eigenvalue weighted by atomic mass is 16.6. The van der Waals surface area contributed by atoms with Crippen LogP contribution in [-0.2, 0) is 81.2 Å². The molecule has 492 valence electrons. The van der Waals surface area contributed by atoms with Gasteiger partial charge in [-0.2, -0.15) is 0 Å². The maximum Gasteiger partial charge on any atom is 0.410 e. The summed E-state index contributed by atoms with van der Waals surface area (Å²) in [5, 5.41) is 9.07. The predicted octanol–water partition coefficient (Wildman–Crippen LogP) is 7.80. The number of rotatable bonds is 38. The first kappa shape index (κ1) is 74.0. The Morgan fingerprint density at radius 3 is 2.02 bits per heavy atom. The highest BCUT2D eigenvalue weighted by Gasteiger charge is 2.47. The number of urea groups is 1. The van der Waals surface area contributed by atoms with Gasteiger partial charge in [0.25, 0.3) is 24.8 Å². The van der Waals surface area contributed by atoms with Crippen LogP contribution in [0.1, 0.15) is 145 Å². The molecule has 0 saturated heterocycles. The molecule has 1 aromatic heterocycles. The number of carbonyl (C=O) groups is 12. The van der Waals surface area contributed by atoms with E-state index >= 15 is 4.79 Å².